The van der Waals surface area contributed by atoms with Crippen LogP contribution in [0.3, 0.4) is 0 Å². The Hall–Kier alpha value is -4.08. The number of hydrogen-bond donors (Lipinski definition) is 3. The Morgan fingerprint density at radius 3 is 2.30 bits per heavy atom. The molecule has 0 aliphatic carbocycles. The van der Waals surface area contributed by atoms with E-state index in [1.807, 2.05) is 36.4 Å². The maximum atomic E-state index is 12.1. The molecule has 0 spiro atoms. The first-order valence-electron chi connectivity index (χ1n) is 14.6. The van der Waals surface area contributed by atoms with Gasteiger partial charge in [-0.1, -0.05) is 72.8 Å². The molecule has 0 saturated carbocycles. The number of nitrogens with zero attached hydrogens (tertiary/aromatic N) is 1. The van der Waals surface area contributed by atoms with Crippen LogP contribution in [0.5, 0.6) is 0 Å². The number of aliphatic hydroxyl groups excluding tert-OH is 1. The van der Waals surface area contributed by atoms with Crippen molar-refractivity contribution in [1.29, 1.82) is 0 Å². The molecule has 0 aromatic heterocycles. The molecule has 0 unspecified atom stereocenters. The predicted octanol–water partition coefficient (Wildman–Crippen LogP) is 6.37. The second kappa shape index (κ2) is 13.9. The van der Waals surface area contributed by atoms with Crippen molar-refractivity contribution < 1.29 is 29.3 Å². The van der Waals surface area contributed by atoms with Crippen LogP contribution >= 0.6 is 0 Å². The molecule has 1 aliphatic heterocycles. The number of carboxylic acid groups (broad SMARTS) is 1. The number of aliphatic carboxylic acids is 1. The maximum absolute atomic E-state index is 12.1. The Kier molecular flexibility index (Phi) is 9.84. The van der Waals surface area contributed by atoms with E-state index in [-0.39, 0.29) is 43.6 Å². The molecule has 1 aliphatic rings. The zero-order valence-electron chi connectivity index (χ0n) is 24.5. The molecule has 0 bridgehead atoms. The number of fused-ring (bicyclic) bond motifs is 1. The predicted molar refractivity (Wildman–Crippen MR) is 165 cm³/mol. The van der Waals surface area contributed by atoms with Gasteiger partial charge in [-0.05, 0) is 59.6 Å². The second-order valence-corrected chi connectivity index (χ2v) is 11.1. The van der Waals surface area contributed by atoms with Crippen LogP contribution in [-0.4, -0.2) is 46.7 Å². The molecule has 1 saturated heterocycles. The lowest BCUT2D eigenvalue weighted by Gasteiger charge is -2.39. The normalized spacial score (nSPS) is 19.3. The second-order valence-electron chi connectivity index (χ2n) is 11.1. The number of nitrogens with one attached hydrogen (secondary N) is 1. The first kappa shape index (κ1) is 30.4. The van der Waals surface area contributed by atoms with Crippen molar-refractivity contribution in [1.82, 2.24) is 4.90 Å². The molecule has 224 valence electrons. The molecule has 1 amide bonds. The van der Waals surface area contributed by atoms with Crippen molar-refractivity contribution >= 4 is 28.3 Å². The van der Waals surface area contributed by atoms with Gasteiger partial charge in [0, 0.05) is 36.7 Å². The average molecular weight is 583 g/mol. The summed E-state index contributed by atoms with van der Waals surface area (Å²) < 4.78 is 13.0. The van der Waals surface area contributed by atoms with Gasteiger partial charge in [0.2, 0.25) is 5.91 Å². The topological polar surface area (TPSA) is 108 Å². The molecular weight excluding hydrogens is 544 g/mol. The molecule has 4 aromatic carbocycles. The van der Waals surface area contributed by atoms with E-state index in [0.717, 1.165) is 16.7 Å². The number of carbonyl (C=O) groups is 2. The Bertz CT molecular complexity index is 1540. The average Bonchev–Trinajstić information content (AvgIpc) is 3.03. The van der Waals surface area contributed by atoms with Crippen LogP contribution in [0, 0.1) is 0 Å². The third kappa shape index (κ3) is 7.86. The van der Waals surface area contributed by atoms with Crippen LogP contribution in [0.4, 0.5) is 5.69 Å². The van der Waals surface area contributed by atoms with E-state index in [2.05, 4.69) is 66.7 Å². The van der Waals surface area contributed by atoms with Crippen molar-refractivity contribution in [3.63, 3.8) is 0 Å². The van der Waals surface area contributed by atoms with E-state index in [1.165, 1.54) is 16.3 Å². The first-order valence-corrected chi connectivity index (χ1v) is 14.6. The number of anilines is 1. The zero-order valence-corrected chi connectivity index (χ0v) is 24.5. The van der Waals surface area contributed by atoms with Gasteiger partial charge in [-0.15, -0.1) is 0 Å². The van der Waals surface area contributed by atoms with Gasteiger partial charge in [0.05, 0.1) is 25.2 Å². The summed E-state index contributed by atoms with van der Waals surface area (Å²) in [5.74, 6) is -1.36. The van der Waals surface area contributed by atoms with Gasteiger partial charge in [0.25, 0.3) is 0 Å². The van der Waals surface area contributed by atoms with Gasteiger partial charge in [-0.25, -0.2) is 0 Å². The monoisotopic (exact) mass is 582 g/mol. The van der Waals surface area contributed by atoms with Gasteiger partial charge in [-0.3, -0.25) is 14.5 Å². The van der Waals surface area contributed by atoms with Gasteiger partial charge < -0.3 is 25.0 Å². The molecule has 8 heteroatoms. The van der Waals surface area contributed by atoms with E-state index >= 15 is 0 Å². The lowest BCUT2D eigenvalue weighted by Crippen LogP contribution is -2.38. The van der Waals surface area contributed by atoms with E-state index in [9.17, 15) is 14.7 Å². The van der Waals surface area contributed by atoms with Gasteiger partial charge in [0.15, 0.2) is 6.29 Å². The van der Waals surface area contributed by atoms with E-state index < -0.39 is 12.3 Å². The third-order valence-corrected chi connectivity index (χ3v) is 8.06. The smallest absolute Gasteiger partial charge is 0.303 e. The number of carbonyl (C=O) groups excluding carboxylic acids is 1. The first-order chi connectivity index (χ1) is 20.8. The van der Waals surface area contributed by atoms with Crippen molar-refractivity contribution in [3.8, 4) is 0 Å². The summed E-state index contributed by atoms with van der Waals surface area (Å²) in [4.78, 5) is 25.1. The van der Waals surface area contributed by atoms with Crippen LogP contribution in [0.1, 0.15) is 66.9 Å². The summed E-state index contributed by atoms with van der Waals surface area (Å²) in [6, 6.07) is 30.2. The van der Waals surface area contributed by atoms with Crippen molar-refractivity contribution in [2.75, 3.05) is 18.9 Å². The van der Waals surface area contributed by atoms with Gasteiger partial charge >= 0.3 is 5.97 Å². The summed E-state index contributed by atoms with van der Waals surface area (Å²) in [7, 11) is 2.11. The minimum absolute atomic E-state index is 0.0170. The zero-order chi connectivity index (χ0) is 30.3. The molecule has 43 heavy (non-hydrogen) atoms. The fourth-order valence-corrected chi connectivity index (χ4v) is 5.40. The van der Waals surface area contributed by atoms with E-state index in [4.69, 9.17) is 14.6 Å². The summed E-state index contributed by atoms with van der Waals surface area (Å²) in [6.45, 7) is 2.88. The molecule has 0 radical (unpaired) electrons. The molecule has 1 heterocycles. The van der Waals surface area contributed by atoms with E-state index in [1.54, 1.807) is 12.1 Å². The highest BCUT2D eigenvalue weighted by Gasteiger charge is 2.33. The molecule has 1 fully saturated rings. The summed E-state index contributed by atoms with van der Waals surface area (Å²) >= 11 is 0. The number of ether oxygens (including phenoxy) is 2. The van der Waals surface area contributed by atoms with Crippen LogP contribution in [0.25, 0.3) is 10.8 Å². The van der Waals surface area contributed by atoms with Crippen LogP contribution in [0.2, 0.25) is 0 Å². The van der Waals surface area contributed by atoms with Crippen molar-refractivity contribution in [2.45, 2.75) is 57.3 Å². The SMILES string of the molecule is C[C@H](c1ccc2ccccc2c1)N(C)C[C@H]1C[C@@H](c2ccc(CO)cc2)O[C@@H](c2ccc(NC(=O)CCC(=O)O)cc2)O1. The Morgan fingerprint density at radius 1 is 0.907 bits per heavy atom. The third-order valence-electron chi connectivity index (χ3n) is 8.06. The Balaban J connectivity index is 1.31. The van der Waals surface area contributed by atoms with Gasteiger partial charge in [-0.2, -0.15) is 0 Å². The van der Waals surface area contributed by atoms with Crippen LogP contribution in [0.15, 0.2) is 91.0 Å². The number of hydrogen-bond acceptors (Lipinski definition) is 6. The number of amides is 1. The summed E-state index contributed by atoms with van der Waals surface area (Å²) in [5, 5.41) is 23.5. The Labute approximate surface area is 251 Å². The molecule has 5 rings (SSSR count). The van der Waals surface area contributed by atoms with Crippen LogP contribution < -0.4 is 5.32 Å². The molecule has 8 nitrogen and oxygen atoms in total. The van der Waals surface area contributed by atoms with Crippen molar-refractivity contribution in [3.05, 3.63) is 113 Å². The highest BCUT2D eigenvalue weighted by atomic mass is 16.7. The quantitative estimate of drug-likeness (QED) is 0.188. The lowest BCUT2D eigenvalue weighted by molar-refractivity contribution is -0.253. The summed E-state index contributed by atoms with van der Waals surface area (Å²) in [6.07, 6.45) is -0.594. The molecule has 4 atom stereocenters. The Morgan fingerprint density at radius 2 is 1.60 bits per heavy atom. The van der Waals surface area contributed by atoms with Gasteiger partial charge in [0.1, 0.15) is 0 Å². The fourth-order valence-electron chi connectivity index (χ4n) is 5.40. The number of carboxylic acids is 1. The lowest BCUT2D eigenvalue weighted by atomic mass is 9.98. The minimum Gasteiger partial charge on any atom is -0.481 e. The largest absolute Gasteiger partial charge is 0.481 e. The highest BCUT2D eigenvalue weighted by molar-refractivity contribution is 5.92. The van der Waals surface area contributed by atoms with Crippen LogP contribution in [-0.2, 0) is 25.7 Å². The van der Waals surface area contributed by atoms with Crippen molar-refractivity contribution in [2.24, 2.45) is 0 Å². The summed E-state index contributed by atoms with van der Waals surface area (Å²) in [5.41, 5.74) is 4.49. The highest BCUT2D eigenvalue weighted by Crippen LogP contribution is 2.39. The minimum atomic E-state index is -1.01. The van der Waals surface area contributed by atoms with E-state index in [0.29, 0.717) is 18.7 Å². The maximum Gasteiger partial charge on any atom is 0.303 e. The fraction of sp³-hybridized carbons (Fsp3) is 0.314. The number of aliphatic hydroxyl groups is 1. The number of rotatable bonds is 11. The molecular formula is C35H38N2O6. The molecule has 4 aromatic rings. The molecule has 3 N–H and O–H groups in total. The number of likely N-dealkylation sites (N-methyl/N-ethyl adjacent to an activating group) is 1. The number of benzene rings is 4. The standard InChI is InChI=1S/C35H38N2O6/c1-23(28-12-11-25-5-3-4-6-29(25)19-28)37(2)21-31-20-32(26-9-7-24(22-38)8-10-26)43-35(42-31)27-13-15-30(16-14-27)36-33(39)17-18-34(40)41/h3-16,19,23,31-32,35,38H,17-18,20-22H2,1-2H3,(H,36,39)(H,40,41)/t23-,31-,32+,35+/m1/s1.